The summed E-state index contributed by atoms with van der Waals surface area (Å²) in [4.78, 5) is 11.5. The molecule has 2 atom stereocenters. The van der Waals surface area contributed by atoms with E-state index >= 15 is 0 Å². The Bertz CT molecular complexity index is 1020. The maximum Gasteiger partial charge on any atom is 0.339 e. The van der Waals surface area contributed by atoms with Crippen LogP contribution in [0.1, 0.15) is 54.3 Å². The Hall–Kier alpha value is -3.15. The van der Waals surface area contributed by atoms with E-state index in [2.05, 4.69) is 24.4 Å². The topological polar surface area (TPSA) is 78.8 Å². The summed E-state index contributed by atoms with van der Waals surface area (Å²) in [5, 5.41) is 23.0. The number of carbonyl (C=O) groups is 1. The summed E-state index contributed by atoms with van der Waals surface area (Å²) >= 11 is 0. The van der Waals surface area contributed by atoms with Crippen molar-refractivity contribution in [1.82, 2.24) is 5.32 Å². The van der Waals surface area contributed by atoms with Gasteiger partial charge in [0.05, 0.1) is 12.2 Å². The molecular formula is C27H31NO4. The first-order valence-corrected chi connectivity index (χ1v) is 10.9. The van der Waals surface area contributed by atoms with Gasteiger partial charge in [0, 0.05) is 13.1 Å². The van der Waals surface area contributed by atoms with Gasteiger partial charge in [0.25, 0.3) is 0 Å². The maximum absolute atomic E-state index is 11.5. The smallest absolute Gasteiger partial charge is 0.339 e. The van der Waals surface area contributed by atoms with E-state index in [1.807, 2.05) is 62.4 Å². The predicted molar refractivity (Wildman–Crippen MR) is 127 cm³/mol. The van der Waals surface area contributed by atoms with Crippen molar-refractivity contribution in [3.05, 3.63) is 89.5 Å². The first kappa shape index (κ1) is 23.5. The second-order valence-corrected chi connectivity index (χ2v) is 8.29. The number of carboxylic acid groups (broad SMARTS) is 1. The number of benzene rings is 3. The van der Waals surface area contributed by atoms with Gasteiger partial charge in [-0.15, -0.1) is 0 Å². The Kier molecular flexibility index (Phi) is 8.03. The lowest BCUT2D eigenvalue weighted by molar-refractivity contribution is 0.0690. The number of rotatable bonds is 10. The average Bonchev–Trinajstić information content (AvgIpc) is 2.79. The normalized spacial score (nSPS) is 13.0. The standard InChI is InChI=1S/C27H31NO4/c1-18(2)32-26-15-23(13-14-24(26)27(30)31)21-11-9-20(10-12-21)19(3)16-28-17-25(29)22-7-5-4-6-8-22/h4-15,18-19,25,28-29H,16-17H2,1-3H3,(H,30,31)/t19?,25-/m0/s1. The van der Waals surface area contributed by atoms with Gasteiger partial charge < -0.3 is 20.3 Å². The highest BCUT2D eigenvalue weighted by atomic mass is 16.5. The zero-order valence-corrected chi connectivity index (χ0v) is 18.8. The summed E-state index contributed by atoms with van der Waals surface area (Å²) in [6.07, 6.45) is -0.638. The largest absolute Gasteiger partial charge is 0.490 e. The molecule has 0 bridgehead atoms. The molecular weight excluding hydrogens is 402 g/mol. The summed E-state index contributed by atoms with van der Waals surface area (Å²) in [6.45, 7) is 7.15. The van der Waals surface area contributed by atoms with Gasteiger partial charge in [-0.2, -0.15) is 0 Å². The molecule has 3 aromatic carbocycles. The minimum Gasteiger partial charge on any atom is -0.490 e. The van der Waals surface area contributed by atoms with Gasteiger partial charge in [-0.05, 0) is 54.2 Å². The number of nitrogens with one attached hydrogen (secondary N) is 1. The van der Waals surface area contributed by atoms with E-state index in [0.717, 1.165) is 23.2 Å². The molecule has 0 aromatic heterocycles. The van der Waals surface area contributed by atoms with Crippen molar-refractivity contribution in [2.24, 2.45) is 0 Å². The number of hydrogen-bond donors (Lipinski definition) is 3. The Balaban J connectivity index is 1.63. The molecule has 0 aliphatic rings. The molecule has 32 heavy (non-hydrogen) atoms. The highest BCUT2D eigenvalue weighted by molar-refractivity contribution is 5.92. The molecule has 3 N–H and O–H groups in total. The van der Waals surface area contributed by atoms with Crippen molar-refractivity contribution >= 4 is 5.97 Å². The Morgan fingerprint density at radius 2 is 1.53 bits per heavy atom. The Morgan fingerprint density at radius 1 is 0.875 bits per heavy atom. The molecule has 0 fully saturated rings. The third kappa shape index (κ3) is 6.19. The highest BCUT2D eigenvalue weighted by Gasteiger charge is 2.14. The third-order valence-electron chi connectivity index (χ3n) is 5.36. The van der Waals surface area contributed by atoms with Gasteiger partial charge in [-0.3, -0.25) is 0 Å². The van der Waals surface area contributed by atoms with Crippen molar-refractivity contribution in [3.8, 4) is 16.9 Å². The molecule has 0 saturated heterocycles. The predicted octanol–water partition coefficient (Wildman–Crippen LogP) is 5.27. The van der Waals surface area contributed by atoms with Crippen LogP contribution >= 0.6 is 0 Å². The minimum atomic E-state index is -0.999. The van der Waals surface area contributed by atoms with Crippen molar-refractivity contribution in [2.75, 3.05) is 13.1 Å². The van der Waals surface area contributed by atoms with E-state index in [1.54, 1.807) is 12.1 Å². The summed E-state index contributed by atoms with van der Waals surface area (Å²) < 4.78 is 5.72. The molecule has 1 unspecified atom stereocenters. The summed E-state index contributed by atoms with van der Waals surface area (Å²) in [5.41, 5.74) is 4.17. The summed E-state index contributed by atoms with van der Waals surface area (Å²) in [6, 6.07) is 23.1. The van der Waals surface area contributed by atoms with Gasteiger partial charge in [-0.25, -0.2) is 4.79 Å². The fourth-order valence-electron chi connectivity index (χ4n) is 3.58. The number of carboxylic acids is 1. The van der Waals surface area contributed by atoms with Crippen LogP contribution < -0.4 is 10.1 Å². The van der Waals surface area contributed by atoms with Crippen LogP contribution in [-0.4, -0.2) is 35.4 Å². The van der Waals surface area contributed by atoms with Crippen LogP contribution in [0.15, 0.2) is 72.8 Å². The molecule has 5 heteroatoms. The van der Waals surface area contributed by atoms with Crippen molar-refractivity contribution in [3.63, 3.8) is 0 Å². The number of aliphatic hydroxyl groups is 1. The third-order valence-corrected chi connectivity index (χ3v) is 5.36. The zero-order valence-electron chi connectivity index (χ0n) is 18.8. The van der Waals surface area contributed by atoms with Gasteiger partial charge in [0.2, 0.25) is 0 Å². The molecule has 0 heterocycles. The monoisotopic (exact) mass is 433 g/mol. The molecule has 0 radical (unpaired) electrons. The molecule has 0 aliphatic carbocycles. The average molecular weight is 434 g/mol. The van der Waals surface area contributed by atoms with Gasteiger partial charge in [0.1, 0.15) is 11.3 Å². The second-order valence-electron chi connectivity index (χ2n) is 8.29. The zero-order chi connectivity index (χ0) is 23.1. The lowest BCUT2D eigenvalue weighted by atomic mass is 9.96. The Labute approximate surface area is 189 Å². The molecule has 5 nitrogen and oxygen atoms in total. The molecule has 3 aromatic rings. The summed E-state index contributed by atoms with van der Waals surface area (Å²) in [7, 11) is 0. The lowest BCUT2D eigenvalue weighted by Gasteiger charge is -2.17. The first-order valence-electron chi connectivity index (χ1n) is 10.9. The highest BCUT2D eigenvalue weighted by Crippen LogP contribution is 2.29. The second kappa shape index (κ2) is 10.9. The van der Waals surface area contributed by atoms with Crippen molar-refractivity contribution < 1.29 is 19.7 Å². The lowest BCUT2D eigenvalue weighted by Crippen LogP contribution is -2.25. The van der Waals surface area contributed by atoms with Gasteiger partial charge in [-0.1, -0.05) is 67.6 Å². The van der Waals surface area contributed by atoms with Crippen LogP contribution in [0.2, 0.25) is 0 Å². The van der Waals surface area contributed by atoms with Crippen LogP contribution in [0, 0.1) is 0 Å². The van der Waals surface area contributed by atoms with Crippen molar-refractivity contribution in [1.29, 1.82) is 0 Å². The number of aromatic carboxylic acids is 1. The molecule has 168 valence electrons. The number of ether oxygens (including phenoxy) is 1. The molecule has 0 amide bonds. The van der Waals surface area contributed by atoms with Crippen LogP contribution in [0.4, 0.5) is 0 Å². The fraction of sp³-hybridized carbons (Fsp3) is 0.296. The quantitative estimate of drug-likeness (QED) is 0.406. The fourth-order valence-corrected chi connectivity index (χ4v) is 3.58. The number of hydrogen-bond acceptors (Lipinski definition) is 4. The maximum atomic E-state index is 11.5. The van der Waals surface area contributed by atoms with Crippen LogP contribution in [0.3, 0.4) is 0 Å². The van der Waals surface area contributed by atoms with Crippen LogP contribution in [0.25, 0.3) is 11.1 Å². The minimum absolute atomic E-state index is 0.112. The molecule has 3 rings (SSSR count). The number of aliphatic hydroxyl groups excluding tert-OH is 1. The molecule has 0 spiro atoms. The Morgan fingerprint density at radius 3 is 2.16 bits per heavy atom. The van der Waals surface area contributed by atoms with Gasteiger partial charge >= 0.3 is 5.97 Å². The van der Waals surface area contributed by atoms with E-state index < -0.39 is 12.1 Å². The van der Waals surface area contributed by atoms with E-state index in [-0.39, 0.29) is 17.6 Å². The first-order chi connectivity index (χ1) is 15.3. The van der Waals surface area contributed by atoms with E-state index in [0.29, 0.717) is 12.3 Å². The van der Waals surface area contributed by atoms with E-state index in [9.17, 15) is 15.0 Å². The van der Waals surface area contributed by atoms with Gasteiger partial charge in [0.15, 0.2) is 0 Å². The SMILES string of the molecule is CC(C)Oc1cc(-c2ccc(C(C)CNC[C@H](O)c3ccccc3)cc2)ccc1C(=O)O. The van der Waals surface area contributed by atoms with Crippen LogP contribution in [0.5, 0.6) is 5.75 Å². The van der Waals surface area contributed by atoms with Crippen LogP contribution in [-0.2, 0) is 0 Å². The van der Waals surface area contributed by atoms with E-state index in [1.165, 1.54) is 5.56 Å². The van der Waals surface area contributed by atoms with E-state index in [4.69, 9.17) is 4.74 Å². The summed E-state index contributed by atoms with van der Waals surface area (Å²) in [5.74, 6) is -0.342. The molecule has 0 aliphatic heterocycles. The molecule has 0 saturated carbocycles. The van der Waals surface area contributed by atoms with Crippen molar-refractivity contribution in [2.45, 2.75) is 38.9 Å².